The van der Waals surface area contributed by atoms with E-state index in [1.807, 2.05) is 7.05 Å². The van der Waals surface area contributed by atoms with E-state index in [-0.39, 0.29) is 0 Å². The number of nitrogens with one attached hydrogen (secondary N) is 1. The van der Waals surface area contributed by atoms with Gasteiger partial charge in [0.05, 0.1) is 18.8 Å². The highest BCUT2D eigenvalue weighted by atomic mass is 16.5. The number of guanidine groups is 1. The molecule has 3 aliphatic rings. The Labute approximate surface area is 140 Å². The van der Waals surface area contributed by atoms with Gasteiger partial charge in [-0.3, -0.25) is 4.99 Å². The second-order valence-electron chi connectivity index (χ2n) is 7.95. The van der Waals surface area contributed by atoms with Gasteiger partial charge in [-0.2, -0.15) is 0 Å². The van der Waals surface area contributed by atoms with E-state index in [4.69, 9.17) is 9.47 Å². The van der Waals surface area contributed by atoms with Crippen molar-refractivity contribution in [2.24, 2.45) is 10.4 Å². The van der Waals surface area contributed by atoms with E-state index in [1.54, 1.807) is 0 Å². The van der Waals surface area contributed by atoms with E-state index in [0.29, 0.717) is 23.7 Å². The molecule has 1 saturated carbocycles. The van der Waals surface area contributed by atoms with Crippen LogP contribution in [0.15, 0.2) is 4.99 Å². The van der Waals surface area contributed by atoms with Crippen molar-refractivity contribution < 1.29 is 9.47 Å². The maximum absolute atomic E-state index is 6.10. The van der Waals surface area contributed by atoms with Crippen LogP contribution in [-0.4, -0.2) is 62.5 Å². The molecule has 23 heavy (non-hydrogen) atoms. The number of hydrogen-bond donors (Lipinski definition) is 1. The SMILES string of the molecule is CN=C(NC1CC1(C)C)N1CCC(OCC2CCCCO2)CC1. The highest BCUT2D eigenvalue weighted by Crippen LogP contribution is 2.44. The zero-order valence-corrected chi connectivity index (χ0v) is 15.0. The molecule has 0 aromatic rings. The lowest BCUT2D eigenvalue weighted by molar-refractivity contribution is -0.0721. The minimum absolute atomic E-state index is 0.327. The number of nitrogens with zero attached hydrogens (tertiary/aromatic N) is 2. The Bertz CT molecular complexity index is 410. The Hall–Kier alpha value is -0.810. The number of hydrogen-bond acceptors (Lipinski definition) is 3. The van der Waals surface area contributed by atoms with Crippen LogP contribution >= 0.6 is 0 Å². The Balaban J connectivity index is 1.37. The van der Waals surface area contributed by atoms with E-state index in [1.165, 1.54) is 19.3 Å². The summed E-state index contributed by atoms with van der Waals surface area (Å²) in [5.41, 5.74) is 0.428. The quantitative estimate of drug-likeness (QED) is 0.637. The molecule has 2 saturated heterocycles. The fraction of sp³-hybridized carbons (Fsp3) is 0.944. The van der Waals surface area contributed by atoms with Gasteiger partial charge in [0, 0.05) is 32.8 Å². The lowest BCUT2D eigenvalue weighted by Crippen LogP contribution is -2.48. The predicted molar refractivity (Wildman–Crippen MR) is 92.8 cm³/mol. The zero-order chi connectivity index (χ0) is 16.3. The van der Waals surface area contributed by atoms with Crippen molar-refractivity contribution in [1.29, 1.82) is 0 Å². The maximum atomic E-state index is 6.10. The summed E-state index contributed by atoms with van der Waals surface area (Å²) in [6.45, 7) is 8.36. The first-order valence-corrected chi connectivity index (χ1v) is 9.30. The van der Waals surface area contributed by atoms with Gasteiger partial charge < -0.3 is 19.7 Å². The number of rotatable bonds is 4. The summed E-state index contributed by atoms with van der Waals surface area (Å²) in [6, 6.07) is 0.582. The fourth-order valence-corrected chi connectivity index (χ4v) is 3.58. The number of aliphatic imine (C=N–C) groups is 1. The van der Waals surface area contributed by atoms with Gasteiger partial charge >= 0.3 is 0 Å². The van der Waals surface area contributed by atoms with Crippen LogP contribution < -0.4 is 5.32 Å². The molecule has 2 unspecified atom stereocenters. The van der Waals surface area contributed by atoms with Crippen LogP contribution in [0.3, 0.4) is 0 Å². The smallest absolute Gasteiger partial charge is 0.193 e. The van der Waals surface area contributed by atoms with Crippen LogP contribution in [0.1, 0.15) is 52.4 Å². The van der Waals surface area contributed by atoms with Gasteiger partial charge in [0.1, 0.15) is 0 Å². The highest BCUT2D eigenvalue weighted by Gasteiger charge is 2.46. The fourth-order valence-electron chi connectivity index (χ4n) is 3.58. The number of piperidine rings is 1. The van der Waals surface area contributed by atoms with Crippen molar-refractivity contribution in [2.45, 2.75) is 70.6 Å². The molecule has 2 heterocycles. The molecule has 0 bridgehead atoms. The Morgan fingerprint density at radius 2 is 2.00 bits per heavy atom. The van der Waals surface area contributed by atoms with Crippen molar-refractivity contribution in [2.75, 3.05) is 33.4 Å². The molecule has 0 spiro atoms. The largest absolute Gasteiger partial charge is 0.376 e. The topological polar surface area (TPSA) is 46.1 Å². The molecule has 5 heteroatoms. The summed E-state index contributed by atoms with van der Waals surface area (Å²) in [5.74, 6) is 1.06. The molecule has 0 amide bonds. The molecule has 0 aromatic heterocycles. The highest BCUT2D eigenvalue weighted by molar-refractivity contribution is 5.80. The van der Waals surface area contributed by atoms with Crippen LogP contribution in [-0.2, 0) is 9.47 Å². The van der Waals surface area contributed by atoms with Crippen molar-refractivity contribution in [3.8, 4) is 0 Å². The summed E-state index contributed by atoms with van der Waals surface area (Å²) in [6.07, 6.45) is 7.77. The lowest BCUT2D eigenvalue weighted by Gasteiger charge is -2.35. The van der Waals surface area contributed by atoms with Crippen molar-refractivity contribution in [3.05, 3.63) is 0 Å². The van der Waals surface area contributed by atoms with Crippen LogP contribution in [0.2, 0.25) is 0 Å². The van der Waals surface area contributed by atoms with Crippen molar-refractivity contribution in [1.82, 2.24) is 10.2 Å². The molecule has 132 valence electrons. The third kappa shape index (κ3) is 4.60. The Kier molecular flexibility index (Phi) is 5.47. The first-order valence-electron chi connectivity index (χ1n) is 9.30. The van der Waals surface area contributed by atoms with E-state index >= 15 is 0 Å². The Morgan fingerprint density at radius 3 is 2.57 bits per heavy atom. The zero-order valence-electron chi connectivity index (χ0n) is 15.0. The first kappa shape index (κ1) is 17.0. The number of ether oxygens (including phenoxy) is 2. The van der Waals surface area contributed by atoms with E-state index in [0.717, 1.165) is 51.5 Å². The number of likely N-dealkylation sites (tertiary alicyclic amines) is 1. The van der Waals surface area contributed by atoms with E-state index in [2.05, 4.69) is 29.1 Å². The second kappa shape index (κ2) is 7.39. The van der Waals surface area contributed by atoms with Gasteiger partial charge in [0.25, 0.3) is 0 Å². The summed E-state index contributed by atoms with van der Waals surface area (Å²) in [4.78, 5) is 6.85. The molecule has 2 aliphatic heterocycles. The third-order valence-electron chi connectivity index (χ3n) is 5.56. The lowest BCUT2D eigenvalue weighted by atomic mass is 10.1. The summed E-state index contributed by atoms with van der Waals surface area (Å²) >= 11 is 0. The van der Waals surface area contributed by atoms with Gasteiger partial charge in [-0.05, 0) is 43.9 Å². The third-order valence-corrected chi connectivity index (χ3v) is 5.56. The normalized spacial score (nSPS) is 32.0. The minimum Gasteiger partial charge on any atom is -0.376 e. The molecule has 0 aromatic carbocycles. The molecule has 0 radical (unpaired) electrons. The monoisotopic (exact) mass is 323 g/mol. The Morgan fingerprint density at radius 1 is 1.26 bits per heavy atom. The predicted octanol–water partition coefficient (Wildman–Crippen LogP) is 2.41. The van der Waals surface area contributed by atoms with Crippen LogP contribution in [0.5, 0.6) is 0 Å². The standard InChI is InChI=1S/C18H33N3O2/c1-18(2)12-16(18)20-17(19-3)21-9-7-14(8-10-21)23-13-15-6-4-5-11-22-15/h14-16H,4-13H2,1-3H3,(H,19,20). The van der Waals surface area contributed by atoms with Crippen LogP contribution in [0, 0.1) is 5.41 Å². The van der Waals surface area contributed by atoms with Crippen molar-refractivity contribution in [3.63, 3.8) is 0 Å². The average molecular weight is 323 g/mol. The van der Waals surface area contributed by atoms with Gasteiger partial charge in [0.2, 0.25) is 0 Å². The molecule has 1 N–H and O–H groups in total. The van der Waals surface area contributed by atoms with Crippen LogP contribution in [0.25, 0.3) is 0 Å². The van der Waals surface area contributed by atoms with Gasteiger partial charge in [-0.1, -0.05) is 13.8 Å². The van der Waals surface area contributed by atoms with E-state index in [9.17, 15) is 0 Å². The molecule has 3 rings (SSSR count). The van der Waals surface area contributed by atoms with Gasteiger partial charge in [-0.15, -0.1) is 0 Å². The van der Waals surface area contributed by atoms with Gasteiger partial charge in [-0.25, -0.2) is 0 Å². The molecular formula is C18H33N3O2. The second-order valence-corrected chi connectivity index (χ2v) is 7.95. The van der Waals surface area contributed by atoms with Gasteiger partial charge in [0.15, 0.2) is 5.96 Å². The molecule has 3 fully saturated rings. The molecule has 1 aliphatic carbocycles. The average Bonchev–Trinajstić information content (AvgIpc) is 3.18. The maximum Gasteiger partial charge on any atom is 0.193 e. The molecule has 5 nitrogen and oxygen atoms in total. The van der Waals surface area contributed by atoms with E-state index < -0.39 is 0 Å². The molecule has 2 atom stereocenters. The summed E-state index contributed by atoms with van der Waals surface area (Å²) in [7, 11) is 1.89. The van der Waals surface area contributed by atoms with Crippen LogP contribution in [0.4, 0.5) is 0 Å². The van der Waals surface area contributed by atoms with Crippen molar-refractivity contribution >= 4 is 5.96 Å². The minimum atomic E-state index is 0.327. The summed E-state index contributed by atoms with van der Waals surface area (Å²) < 4.78 is 11.9. The first-order chi connectivity index (χ1) is 11.1. The molecular weight excluding hydrogens is 290 g/mol. The summed E-state index contributed by atoms with van der Waals surface area (Å²) in [5, 5.41) is 3.61.